The molecule has 0 saturated heterocycles. The molecule has 0 atom stereocenters. The van der Waals surface area contributed by atoms with E-state index in [9.17, 15) is 10.1 Å². The van der Waals surface area contributed by atoms with E-state index in [2.05, 4.69) is 15.8 Å². The largest absolute Gasteiger partial charge is 0.497 e. The molecule has 0 aliphatic carbocycles. The number of halogens is 1. The van der Waals surface area contributed by atoms with Crippen LogP contribution < -0.4 is 15.5 Å². The monoisotopic (exact) mass is 364 g/mol. The van der Waals surface area contributed by atoms with Gasteiger partial charge < -0.3 is 10.1 Å². The topological polar surface area (TPSA) is 88.8 Å². The van der Waals surface area contributed by atoms with Crippen molar-refractivity contribution in [3.63, 3.8) is 0 Å². The van der Waals surface area contributed by atoms with Gasteiger partial charge in [0.2, 0.25) is 0 Å². The van der Waals surface area contributed by atoms with Gasteiger partial charge in [0, 0.05) is 23.4 Å². The fourth-order valence-electron chi connectivity index (χ4n) is 1.78. The molecule has 0 unspecified atom stereocenters. The number of nitrogens with one attached hydrogen (secondary N) is 2. The van der Waals surface area contributed by atoms with Crippen molar-refractivity contribution in [1.29, 1.82) is 0 Å². The molecule has 24 heavy (non-hydrogen) atoms. The van der Waals surface area contributed by atoms with E-state index in [-0.39, 0.29) is 15.8 Å². The van der Waals surface area contributed by atoms with Crippen molar-refractivity contribution in [3.05, 3.63) is 63.2 Å². The Morgan fingerprint density at radius 2 is 2.17 bits per heavy atom. The first-order chi connectivity index (χ1) is 11.5. The predicted octanol–water partition coefficient (Wildman–Crippen LogP) is 3.58. The van der Waals surface area contributed by atoms with Crippen LogP contribution in [-0.4, -0.2) is 23.4 Å². The lowest BCUT2D eigenvalue weighted by molar-refractivity contribution is -0.384. The molecule has 0 aromatic heterocycles. The van der Waals surface area contributed by atoms with Crippen LogP contribution in [0.3, 0.4) is 0 Å². The highest BCUT2D eigenvalue weighted by molar-refractivity contribution is 7.80. The van der Waals surface area contributed by atoms with Gasteiger partial charge in [-0.05, 0) is 30.4 Å². The van der Waals surface area contributed by atoms with E-state index in [1.807, 2.05) is 18.2 Å². The van der Waals surface area contributed by atoms with E-state index in [1.54, 1.807) is 19.2 Å². The van der Waals surface area contributed by atoms with Crippen molar-refractivity contribution >= 4 is 46.5 Å². The van der Waals surface area contributed by atoms with Crippen LogP contribution >= 0.6 is 23.8 Å². The highest BCUT2D eigenvalue weighted by atomic mass is 35.5. The normalized spacial score (nSPS) is 10.4. The highest BCUT2D eigenvalue weighted by Crippen LogP contribution is 2.24. The van der Waals surface area contributed by atoms with E-state index in [4.69, 9.17) is 28.6 Å². The van der Waals surface area contributed by atoms with E-state index in [0.717, 1.165) is 5.69 Å². The zero-order valence-corrected chi connectivity index (χ0v) is 14.1. The van der Waals surface area contributed by atoms with Gasteiger partial charge in [0.05, 0.1) is 18.2 Å². The summed E-state index contributed by atoms with van der Waals surface area (Å²) in [4.78, 5) is 10.3. The number of nitro groups is 1. The number of thiocarbonyl (C=S) groups is 1. The van der Waals surface area contributed by atoms with Crippen LogP contribution in [0.4, 0.5) is 11.4 Å². The molecule has 0 spiro atoms. The first kappa shape index (κ1) is 17.6. The Kier molecular flexibility index (Phi) is 6.05. The second-order valence-electron chi connectivity index (χ2n) is 4.52. The van der Waals surface area contributed by atoms with Crippen molar-refractivity contribution in [2.45, 2.75) is 0 Å². The first-order valence-corrected chi connectivity index (χ1v) is 7.46. The third-order valence-corrected chi connectivity index (χ3v) is 3.39. The maximum absolute atomic E-state index is 10.8. The number of nitrogens with zero attached hydrogens (tertiary/aromatic N) is 2. The summed E-state index contributed by atoms with van der Waals surface area (Å²) in [5.41, 5.74) is 3.70. The van der Waals surface area contributed by atoms with Gasteiger partial charge in [-0.1, -0.05) is 23.7 Å². The van der Waals surface area contributed by atoms with Crippen LogP contribution in [-0.2, 0) is 0 Å². The van der Waals surface area contributed by atoms with Crippen molar-refractivity contribution in [1.82, 2.24) is 5.43 Å². The van der Waals surface area contributed by atoms with Crippen molar-refractivity contribution in [3.8, 4) is 5.75 Å². The molecule has 7 nitrogen and oxygen atoms in total. The SMILES string of the molecule is COc1cccc(NC(=S)N/N=C\c2ccc(Cl)c([N+](=O)[O-])c2)c1. The molecule has 0 bridgehead atoms. The van der Waals surface area contributed by atoms with Gasteiger partial charge in [-0.2, -0.15) is 5.10 Å². The summed E-state index contributed by atoms with van der Waals surface area (Å²) in [5, 5.41) is 18.0. The molecular formula is C15H13ClN4O3S. The minimum absolute atomic E-state index is 0.0697. The molecule has 0 amide bonds. The molecule has 2 aromatic carbocycles. The molecule has 0 radical (unpaired) electrons. The van der Waals surface area contributed by atoms with Crippen LogP contribution in [0.15, 0.2) is 47.6 Å². The average molecular weight is 365 g/mol. The third kappa shape index (κ3) is 4.90. The third-order valence-electron chi connectivity index (χ3n) is 2.87. The lowest BCUT2D eigenvalue weighted by Gasteiger charge is -2.08. The van der Waals surface area contributed by atoms with Gasteiger partial charge in [0.25, 0.3) is 5.69 Å². The molecule has 2 rings (SSSR count). The number of anilines is 1. The van der Waals surface area contributed by atoms with Crippen molar-refractivity contribution in [2.24, 2.45) is 5.10 Å². The summed E-state index contributed by atoms with van der Waals surface area (Å²) in [6.45, 7) is 0. The van der Waals surface area contributed by atoms with E-state index in [0.29, 0.717) is 11.3 Å². The maximum Gasteiger partial charge on any atom is 0.288 e. The molecule has 2 aromatic rings. The summed E-state index contributed by atoms with van der Waals surface area (Å²) in [6, 6.07) is 11.6. The second-order valence-corrected chi connectivity index (χ2v) is 5.34. The lowest BCUT2D eigenvalue weighted by atomic mass is 10.2. The summed E-state index contributed by atoms with van der Waals surface area (Å²) in [6.07, 6.45) is 1.41. The number of hydrazone groups is 1. The fourth-order valence-corrected chi connectivity index (χ4v) is 2.13. The highest BCUT2D eigenvalue weighted by Gasteiger charge is 2.11. The van der Waals surface area contributed by atoms with Gasteiger partial charge in [0.15, 0.2) is 5.11 Å². The quantitative estimate of drug-likeness (QED) is 0.365. The Morgan fingerprint density at radius 3 is 2.88 bits per heavy atom. The smallest absolute Gasteiger partial charge is 0.288 e. The number of rotatable bonds is 5. The van der Waals surface area contributed by atoms with Crippen LogP contribution in [0, 0.1) is 10.1 Å². The molecule has 9 heteroatoms. The molecular weight excluding hydrogens is 352 g/mol. The van der Waals surface area contributed by atoms with Crippen LogP contribution in [0.25, 0.3) is 0 Å². The Labute approximate surface area is 148 Å². The van der Waals surface area contributed by atoms with Crippen LogP contribution in [0.1, 0.15) is 5.56 Å². The number of hydrogen-bond acceptors (Lipinski definition) is 5. The Bertz CT molecular complexity index is 798. The summed E-state index contributed by atoms with van der Waals surface area (Å²) in [7, 11) is 1.57. The van der Waals surface area contributed by atoms with Gasteiger partial charge in [0.1, 0.15) is 10.8 Å². The van der Waals surface area contributed by atoms with Gasteiger partial charge in [-0.3, -0.25) is 15.5 Å². The minimum atomic E-state index is -0.553. The van der Waals surface area contributed by atoms with E-state index in [1.165, 1.54) is 18.3 Å². The molecule has 0 aliphatic heterocycles. The summed E-state index contributed by atoms with van der Waals surface area (Å²) in [5.74, 6) is 0.694. The Balaban J connectivity index is 1.97. The number of hydrogen-bond donors (Lipinski definition) is 2. The van der Waals surface area contributed by atoms with Crippen molar-refractivity contribution in [2.75, 3.05) is 12.4 Å². The summed E-state index contributed by atoms with van der Waals surface area (Å²) < 4.78 is 5.12. The molecule has 2 N–H and O–H groups in total. The number of benzene rings is 2. The Hall–Kier alpha value is -2.71. The number of methoxy groups -OCH3 is 1. The standard InChI is InChI=1S/C15H13ClN4O3S/c1-23-12-4-2-3-11(8-12)18-15(24)19-17-9-10-5-6-13(16)14(7-10)20(21)22/h2-9H,1H3,(H2,18,19,24)/b17-9-. The first-order valence-electron chi connectivity index (χ1n) is 6.67. The zero-order valence-electron chi connectivity index (χ0n) is 12.5. The zero-order chi connectivity index (χ0) is 17.5. The second kappa shape index (κ2) is 8.23. The van der Waals surface area contributed by atoms with E-state index < -0.39 is 4.92 Å². The lowest BCUT2D eigenvalue weighted by Crippen LogP contribution is -2.23. The average Bonchev–Trinajstić information content (AvgIpc) is 2.56. The summed E-state index contributed by atoms with van der Waals surface area (Å²) >= 11 is 10.9. The van der Waals surface area contributed by atoms with Gasteiger partial charge in [-0.25, -0.2) is 0 Å². The van der Waals surface area contributed by atoms with Gasteiger partial charge in [-0.15, -0.1) is 0 Å². The minimum Gasteiger partial charge on any atom is -0.497 e. The maximum atomic E-state index is 10.8. The number of nitro benzene ring substituents is 1. The molecule has 124 valence electrons. The molecule has 0 saturated carbocycles. The Morgan fingerprint density at radius 1 is 1.38 bits per heavy atom. The van der Waals surface area contributed by atoms with Crippen molar-refractivity contribution < 1.29 is 9.66 Å². The predicted molar refractivity (Wildman–Crippen MR) is 98.1 cm³/mol. The molecule has 0 fully saturated rings. The van der Waals surface area contributed by atoms with E-state index >= 15 is 0 Å². The molecule has 0 aliphatic rings. The van der Waals surface area contributed by atoms with Gasteiger partial charge >= 0.3 is 0 Å². The van der Waals surface area contributed by atoms with Crippen LogP contribution in [0.2, 0.25) is 5.02 Å². The fraction of sp³-hybridized carbons (Fsp3) is 0.0667. The molecule has 0 heterocycles. The number of ether oxygens (including phenoxy) is 1. The van der Waals surface area contributed by atoms with Crippen LogP contribution in [0.5, 0.6) is 5.75 Å².